The van der Waals surface area contributed by atoms with E-state index in [0.29, 0.717) is 0 Å². The number of aliphatic hydroxyl groups excluding tert-OH is 7. The molecule has 0 bridgehead atoms. The Labute approximate surface area is 782 Å². The number of nitrogens with two attached hydrogens (primary N) is 5. The van der Waals surface area contributed by atoms with Crippen molar-refractivity contribution in [1.29, 1.82) is 21.6 Å². The second kappa shape index (κ2) is 64.6. The summed E-state index contributed by atoms with van der Waals surface area (Å²) in [6.45, 7) is 6.45. The normalized spacial score (nSPS) is 15.3. The topological polar surface area (TPSA) is 993 Å². The number of hydrogen-bond donors (Lipinski definition) is 39. The van der Waals surface area contributed by atoms with Crippen LogP contribution in [-0.2, 0) is 91.1 Å². The number of hydrogen-bond acceptors (Lipinski definition) is 31. The quantitative estimate of drug-likeness (QED) is 0.0153. The lowest BCUT2D eigenvalue weighted by Crippen LogP contribution is -2.63. The van der Waals surface area contributed by atoms with Crippen molar-refractivity contribution in [3.8, 4) is 0 Å². The maximum absolute atomic E-state index is 14.5. The number of carboxylic acid groups (broad SMARTS) is 3. The van der Waals surface area contributed by atoms with Crippen LogP contribution in [0.2, 0.25) is 0 Å². The van der Waals surface area contributed by atoms with Crippen molar-refractivity contribution in [2.45, 2.75) is 261 Å². The summed E-state index contributed by atoms with van der Waals surface area (Å²) in [6, 6.07) is -31.1. The fraction of sp³-hybridized carbons (Fsp3) is 0.705. The van der Waals surface area contributed by atoms with E-state index in [1.807, 2.05) is 5.32 Å². The van der Waals surface area contributed by atoms with Crippen molar-refractivity contribution < 1.29 is 142 Å². The van der Waals surface area contributed by atoms with Crippen molar-refractivity contribution in [2.24, 2.45) is 52.3 Å². The van der Waals surface area contributed by atoms with E-state index >= 15 is 0 Å². The Morgan fingerprint density at radius 1 is 0.272 bits per heavy atom. The molecular formula is C78H141N29O29. The van der Waals surface area contributed by atoms with E-state index in [-0.39, 0.29) is 103 Å². The Morgan fingerprint density at radius 2 is 0.478 bits per heavy atom. The van der Waals surface area contributed by atoms with Gasteiger partial charge in [-0.05, 0) is 101 Å². The predicted molar refractivity (Wildman–Crippen MR) is 480 cm³/mol. The van der Waals surface area contributed by atoms with Gasteiger partial charge in [-0.25, -0.2) is 4.79 Å². The van der Waals surface area contributed by atoms with Crippen LogP contribution in [0.4, 0.5) is 0 Å². The Kier molecular flexibility index (Phi) is 58.2. The van der Waals surface area contributed by atoms with Gasteiger partial charge in [-0.2, -0.15) is 0 Å². The smallest absolute Gasteiger partial charge is 0.328 e. The molecular weight excluding hydrogens is 1810 g/mol. The van der Waals surface area contributed by atoms with Gasteiger partial charge in [0.15, 0.2) is 23.8 Å². The predicted octanol–water partition coefficient (Wildman–Crippen LogP) is -15.3. The zero-order valence-electron chi connectivity index (χ0n) is 77.3. The van der Waals surface area contributed by atoms with E-state index in [1.54, 1.807) is 48.5 Å². The molecule has 0 aliphatic rings. The zero-order valence-corrected chi connectivity index (χ0v) is 77.3. The summed E-state index contributed by atoms with van der Waals surface area (Å²) < 4.78 is 0. The Balaban J connectivity index is 7.24. The van der Waals surface area contributed by atoms with Gasteiger partial charge < -0.3 is 186 Å². The van der Waals surface area contributed by atoms with Crippen molar-refractivity contribution in [2.75, 3.05) is 65.8 Å². The third kappa shape index (κ3) is 48.6. The van der Waals surface area contributed by atoms with Crippen LogP contribution in [0, 0.1) is 45.3 Å². The fourth-order valence-corrected chi connectivity index (χ4v) is 12.5. The van der Waals surface area contributed by atoms with Crippen LogP contribution in [0.1, 0.15) is 152 Å². The van der Waals surface area contributed by atoms with Crippen molar-refractivity contribution in [3.63, 3.8) is 0 Å². The first-order valence-electron chi connectivity index (χ1n) is 43.6. The average molecular weight is 1950 g/mol. The van der Waals surface area contributed by atoms with E-state index in [0.717, 1.165) is 6.92 Å². The van der Waals surface area contributed by atoms with Gasteiger partial charge >= 0.3 is 17.9 Å². The van der Waals surface area contributed by atoms with Crippen molar-refractivity contribution in [1.82, 2.24) is 106 Å². The summed E-state index contributed by atoms with van der Waals surface area (Å²) in [4.78, 5) is 260. The molecule has 44 N–H and O–H groups in total. The highest BCUT2D eigenvalue weighted by Crippen LogP contribution is 2.16. The minimum Gasteiger partial charge on any atom is -0.481 e. The molecule has 0 saturated heterocycles. The highest BCUT2D eigenvalue weighted by atomic mass is 16.4. The molecule has 0 aromatic rings. The molecule has 16 amide bonds. The van der Waals surface area contributed by atoms with Gasteiger partial charge in [0.2, 0.25) is 94.5 Å². The third-order valence-electron chi connectivity index (χ3n) is 20.0. The fourth-order valence-electron chi connectivity index (χ4n) is 12.5. The van der Waals surface area contributed by atoms with Gasteiger partial charge in [0.05, 0.1) is 64.6 Å². The highest BCUT2D eigenvalue weighted by molar-refractivity contribution is 6.02. The summed E-state index contributed by atoms with van der Waals surface area (Å²) in [6.07, 6.45) is -6.22. The zero-order chi connectivity index (χ0) is 104. The molecule has 0 fully saturated rings. The molecule has 0 aliphatic carbocycles. The lowest BCUT2D eigenvalue weighted by Gasteiger charge is -2.30. The second-order valence-electron chi connectivity index (χ2n) is 33.0. The number of aliphatic carboxylic acids is 3. The summed E-state index contributed by atoms with van der Waals surface area (Å²) in [5.41, 5.74) is 27.6. The van der Waals surface area contributed by atoms with Gasteiger partial charge in [-0.1, -0.05) is 61.8 Å². The lowest BCUT2D eigenvalue weighted by atomic mass is 9.96. The second-order valence-corrected chi connectivity index (χ2v) is 33.0. The first-order chi connectivity index (χ1) is 63.6. The molecule has 0 spiro atoms. The first-order valence-corrected chi connectivity index (χ1v) is 43.6. The number of rotatable bonds is 68. The largest absolute Gasteiger partial charge is 0.481 e. The minimum absolute atomic E-state index is 0.0367. The number of aliphatic hydroxyl groups is 7. The van der Waals surface area contributed by atoms with E-state index in [9.17, 15) is 142 Å². The Hall–Kier alpha value is -13.3. The maximum atomic E-state index is 14.5. The minimum atomic E-state index is -2.19. The standard InChI is InChI=1S/C78H141N29O29/c1-10-37(8)56(72(133)99-45(25-36(6)7)64(125)97-46(26-54(115)116)65(126)103-48(28-108)67(128)94-42(17-13-21-90-77(84)85)61(122)101-51(31-111)70(131)105-53(33-113)74(135)136)106-71(132)52(32-112)102-62(123)43(18-14-22-91-78(86)87)95-73(134)57(38(9)114)107-66(127)47(27-55(117)118)98-63(124)44(24-35(4)5)96-59(120)41(16-12-20-89-76(82)83)93-68(129)49(29-109)104-69(130)50(30-110)100-60(121)40(15-11-19-88-75(80)81)92-58(119)39(79)23-34(2)3/h34-53,56-57,108-114H,10-33,79H2,1-9H3,(H,92,119)(H,93,129)(H,94,128)(H,95,134)(H,96,120)(H,97,125)(H,98,124)(H,99,133)(H,100,121)(H,101,122)(H,102,123)(H,103,126)(H,104,130)(H,105,131)(H,106,132)(H,107,127)(H,115,116)(H,117,118)(H,135,136)(H4,80,81,88)(H4,82,83,89)(H4,84,85,90)(H4,86,87,91)/t37-,38+,39-,40-,41-,42-,43-,44-,45-,46-,47-,48-,49-,50-,51-,52-,53-,56-,57-/m0/s1. The molecule has 58 heteroatoms. The van der Waals surface area contributed by atoms with Crippen LogP contribution < -0.4 is 135 Å². The summed E-state index contributed by atoms with van der Waals surface area (Å²) in [5, 5.41) is 177. The highest BCUT2D eigenvalue weighted by Gasteiger charge is 2.41. The molecule has 0 saturated carbocycles. The maximum Gasteiger partial charge on any atom is 0.328 e. The number of carbonyl (C=O) groups is 19. The molecule has 19 atom stereocenters. The Morgan fingerprint density at radius 3 is 0.735 bits per heavy atom. The van der Waals surface area contributed by atoms with E-state index < -0.39 is 322 Å². The molecule has 0 radical (unpaired) electrons. The summed E-state index contributed by atoms with van der Waals surface area (Å²) in [5.74, 6) is -29.0. The van der Waals surface area contributed by atoms with E-state index in [1.165, 1.54) is 6.92 Å². The molecule has 0 rings (SSSR count). The van der Waals surface area contributed by atoms with Crippen molar-refractivity contribution >= 4 is 136 Å². The molecule has 58 nitrogen and oxygen atoms in total. The van der Waals surface area contributed by atoms with Crippen LogP contribution in [0.25, 0.3) is 0 Å². The Bertz CT molecular complexity index is 4040. The van der Waals surface area contributed by atoms with Crippen LogP contribution in [0.15, 0.2) is 0 Å². The van der Waals surface area contributed by atoms with Crippen molar-refractivity contribution in [3.05, 3.63) is 0 Å². The third-order valence-corrected chi connectivity index (χ3v) is 20.0. The first kappa shape index (κ1) is 123. The number of nitrogens with one attached hydrogen (secondary N) is 24. The van der Waals surface area contributed by atoms with Gasteiger partial charge in [-0.15, -0.1) is 0 Å². The van der Waals surface area contributed by atoms with Gasteiger partial charge in [0.25, 0.3) is 0 Å². The summed E-state index contributed by atoms with van der Waals surface area (Å²) >= 11 is 0. The number of carboxylic acids is 3. The monoisotopic (exact) mass is 1950 g/mol. The van der Waals surface area contributed by atoms with Gasteiger partial charge in [-0.3, -0.25) is 108 Å². The molecule has 0 aromatic heterocycles. The number of carbonyl (C=O) groups excluding carboxylic acids is 16. The SMILES string of the molecule is CC[C@H](C)[C@H](NC(=O)[C@H](CO)NC(=O)[C@H](CCCNC(=N)N)NC(=O)[C@@H](NC(=O)[C@H](CC(=O)O)NC(=O)[C@H](CC(C)C)NC(=O)[C@H](CCCNC(=N)N)NC(=O)[C@H](CO)NC(=O)[C@H](CO)NC(=O)[C@H](CCCNC(=N)N)NC(=O)[C@@H](N)CC(C)C)[C@@H](C)O)C(=O)N[C@@H](CC(C)C)C(=O)N[C@@H](CC(=O)O)C(=O)N[C@@H](CO)C(=O)N[C@@H](CCCNC(=N)N)C(=O)N[C@@H](CO)C(=O)N[C@@H](CO)C(=O)O. The molecule has 0 aliphatic heterocycles. The molecule has 772 valence electrons. The van der Waals surface area contributed by atoms with Gasteiger partial charge in [0, 0.05) is 26.2 Å². The van der Waals surface area contributed by atoms with Crippen LogP contribution in [0.3, 0.4) is 0 Å². The van der Waals surface area contributed by atoms with Crippen LogP contribution in [-0.4, -0.2) is 362 Å². The number of amides is 16. The molecule has 0 aromatic carbocycles. The molecule has 136 heavy (non-hydrogen) atoms. The lowest BCUT2D eigenvalue weighted by molar-refractivity contribution is -0.144. The average Bonchev–Trinajstić information content (AvgIpc) is 0.844. The molecule has 0 heterocycles. The van der Waals surface area contributed by atoms with Crippen LogP contribution in [0.5, 0.6) is 0 Å². The van der Waals surface area contributed by atoms with Crippen LogP contribution >= 0.6 is 0 Å². The summed E-state index contributed by atoms with van der Waals surface area (Å²) in [7, 11) is 0. The number of guanidine groups is 4. The van der Waals surface area contributed by atoms with E-state index in [2.05, 4.69) is 101 Å². The molecule has 0 unspecified atom stereocenters. The van der Waals surface area contributed by atoms with E-state index in [4.69, 9.17) is 50.3 Å². The van der Waals surface area contributed by atoms with Gasteiger partial charge in [0.1, 0.15) is 96.7 Å².